The molecule has 0 aliphatic carbocycles. The first-order valence-corrected chi connectivity index (χ1v) is 7.17. The number of benzene rings is 1. The lowest BCUT2D eigenvalue weighted by Gasteiger charge is -2.21. The molecule has 5 heteroatoms. The minimum atomic E-state index is -0.417. The molecule has 1 aliphatic heterocycles. The highest BCUT2D eigenvalue weighted by Crippen LogP contribution is 2.29. The second-order valence-electron chi connectivity index (χ2n) is 5.69. The lowest BCUT2D eigenvalue weighted by atomic mass is 10.2. The van der Waals surface area contributed by atoms with Gasteiger partial charge in [-0.1, -0.05) is 0 Å². The number of nitrogens with zero attached hydrogens (tertiary/aromatic N) is 1. The predicted molar refractivity (Wildman–Crippen MR) is 80.7 cm³/mol. The molecule has 0 radical (unpaired) electrons. The van der Waals surface area contributed by atoms with Gasteiger partial charge in [0.2, 0.25) is 0 Å². The third-order valence-corrected chi connectivity index (χ3v) is 3.67. The summed E-state index contributed by atoms with van der Waals surface area (Å²) in [6.45, 7) is 5.69. The molecule has 1 fully saturated rings. The number of rotatable bonds is 5. The minimum absolute atomic E-state index is 0.0676. The quantitative estimate of drug-likeness (QED) is 0.815. The normalized spacial score (nSPS) is 19.6. The molecule has 112 valence electrons. The Morgan fingerprint density at radius 1 is 1.50 bits per heavy atom. The van der Waals surface area contributed by atoms with E-state index in [-0.39, 0.29) is 11.9 Å². The Morgan fingerprint density at radius 3 is 2.85 bits per heavy atom. The summed E-state index contributed by atoms with van der Waals surface area (Å²) in [6.07, 6.45) is 2.34. The first kappa shape index (κ1) is 14.9. The van der Waals surface area contributed by atoms with Gasteiger partial charge in [0.15, 0.2) is 11.6 Å². The van der Waals surface area contributed by atoms with Crippen LogP contribution in [0.25, 0.3) is 0 Å². The van der Waals surface area contributed by atoms with E-state index in [0.717, 1.165) is 18.8 Å². The van der Waals surface area contributed by atoms with Crippen molar-refractivity contribution < 1.29 is 9.13 Å². The molecule has 1 heterocycles. The smallest absolute Gasteiger partial charge is 0.167 e. The van der Waals surface area contributed by atoms with Gasteiger partial charge in [0, 0.05) is 24.7 Å². The second-order valence-corrected chi connectivity index (χ2v) is 5.69. The molecule has 1 aromatic rings. The van der Waals surface area contributed by atoms with E-state index in [4.69, 9.17) is 10.5 Å². The van der Waals surface area contributed by atoms with E-state index in [0.29, 0.717) is 11.7 Å². The molecule has 1 saturated heterocycles. The van der Waals surface area contributed by atoms with E-state index in [9.17, 15) is 4.39 Å². The summed E-state index contributed by atoms with van der Waals surface area (Å²) < 4.78 is 19.2. The van der Waals surface area contributed by atoms with E-state index < -0.39 is 5.82 Å². The predicted octanol–water partition coefficient (Wildman–Crippen LogP) is 2.70. The summed E-state index contributed by atoms with van der Waals surface area (Å²) in [5.41, 5.74) is 7.02. The van der Waals surface area contributed by atoms with E-state index in [1.54, 1.807) is 6.07 Å². The molecule has 2 rings (SSSR count). The van der Waals surface area contributed by atoms with Crippen LogP contribution in [-0.2, 0) is 0 Å². The fourth-order valence-corrected chi connectivity index (χ4v) is 2.53. The van der Waals surface area contributed by atoms with Crippen molar-refractivity contribution in [3.63, 3.8) is 0 Å². The van der Waals surface area contributed by atoms with Crippen molar-refractivity contribution in [2.75, 3.05) is 31.2 Å². The van der Waals surface area contributed by atoms with Crippen LogP contribution in [0.2, 0.25) is 0 Å². The van der Waals surface area contributed by atoms with Crippen LogP contribution >= 0.6 is 0 Å². The Labute approximate surface area is 120 Å². The molecule has 1 atom stereocenters. The van der Waals surface area contributed by atoms with Crippen molar-refractivity contribution in [3.8, 4) is 5.75 Å². The Hall–Kier alpha value is -1.49. The Morgan fingerprint density at radius 2 is 2.25 bits per heavy atom. The van der Waals surface area contributed by atoms with Crippen molar-refractivity contribution in [2.24, 2.45) is 0 Å². The Balaban J connectivity index is 2.06. The molecular formula is C15H24FN3O. The highest BCUT2D eigenvalue weighted by Gasteiger charge is 2.21. The van der Waals surface area contributed by atoms with Crippen molar-refractivity contribution in [2.45, 2.75) is 38.8 Å². The van der Waals surface area contributed by atoms with Crippen LogP contribution in [0.5, 0.6) is 5.75 Å². The molecule has 3 N–H and O–H groups in total. The van der Waals surface area contributed by atoms with Crippen LogP contribution in [0, 0.1) is 5.82 Å². The van der Waals surface area contributed by atoms with E-state index in [2.05, 4.69) is 17.3 Å². The zero-order chi connectivity index (χ0) is 14.7. The fourth-order valence-electron chi connectivity index (χ4n) is 2.53. The molecule has 0 saturated carbocycles. The van der Waals surface area contributed by atoms with Gasteiger partial charge in [0.25, 0.3) is 0 Å². The number of hydrogen-bond acceptors (Lipinski definition) is 4. The summed E-state index contributed by atoms with van der Waals surface area (Å²) in [6, 6.07) is 3.48. The average molecular weight is 281 g/mol. The molecule has 0 aromatic heterocycles. The maximum atomic E-state index is 13.8. The SMILES string of the molecule is CC(C)Oc1cc(NCC2CCCN2C)c(N)cc1F. The molecule has 0 spiro atoms. The summed E-state index contributed by atoms with van der Waals surface area (Å²) in [4.78, 5) is 2.33. The van der Waals surface area contributed by atoms with Crippen LogP contribution in [0.1, 0.15) is 26.7 Å². The number of hydrogen-bond donors (Lipinski definition) is 2. The number of likely N-dealkylation sites (tertiary alicyclic amines) is 1. The van der Waals surface area contributed by atoms with Gasteiger partial charge in [-0.25, -0.2) is 4.39 Å². The van der Waals surface area contributed by atoms with Crippen molar-refractivity contribution in [1.29, 1.82) is 0 Å². The molecular weight excluding hydrogens is 257 g/mol. The highest BCUT2D eigenvalue weighted by molar-refractivity contribution is 5.68. The molecule has 1 aliphatic rings. The first-order chi connectivity index (χ1) is 9.47. The van der Waals surface area contributed by atoms with Crippen LogP contribution < -0.4 is 15.8 Å². The Kier molecular flexibility index (Phi) is 4.70. The summed E-state index contributed by atoms with van der Waals surface area (Å²) in [7, 11) is 2.13. The second kappa shape index (κ2) is 6.31. The van der Waals surface area contributed by atoms with Crippen LogP contribution in [0.3, 0.4) is 0 Å². The highest BCUT2D eigenvalue weighted by atomic mass is 19.1. The number of ether oxygens (including phenoxy) is 1. The monoisotopic (exact) mass is 281 g/mol. The average Bonchev–Trinajstić information content (AvgIpc) is 2.76. The third kappa shape index (κ3) is 3.54. The van der Waals surface area contributed by atoms with Crippen molar-refractivity contribution >= 4 is 11.4 Å². The summed E-state index contributed by atoms with van der Waals surface area (Å²) in [5.74, 6) is -0.170. The van der Waals surface area contributed by atoms with E-state index in [1.165, 1.54) is 18.9 Å². The van der Waals surface area contributed by atoms with Crippen molar-refractivity contribution in [3.05, 3.63) is 17.9 Å². The zero-order valence-corrected chi connectivity index (χ0v) is 12.4. The van der Waals surface area contributed by atoms with Gasteiger partial charge in [0.05, 0.1) is 17.5 Å². The van der Waals surface area contributed by atoms with Gasteiger partial charge in [-0.05, 0) is 40.3 Å². The Bertz CT molecular complexity index is 465. The summed E-state index contributed by atoms with van der Waals surface area (Å²) >= 11 is 0. The molecule has 0 bridgehead atoms. The van der Waals surface area contributed by atoms with Crippen molar-refractivity contribution in [1.82, 2.24) is 4.90 Å². The molecule has 1 aromatic carbocycles. The lowest BCUT2D eigenvalue weighted by molar-refractivity contribution is 0.231. The summed E-state index contributed by atoms with van der Waals surface area (Å²) in [5, 5.41) is 3.31. The van der Waals surface area contributed by atoms with Gasteiger partial charge < -0.3 is 20.7 Å². The van der Waals surface area contributed by atoms with Crippen LogP contribution in [-0.4, -0.2) is 37.2 Å². The minimum Gasteiger partial charge on any atom is -0.488 e. The molecule has 1 unspecified atom stereocenters. The number of halogens is 1. The topological polar surface area (TPSA) is 50.5 Å². The van der Waals surface area contributed by atoms with E-state index in [1.807, 2.05) is 13.8 Å². The van der Waals surface area contributed by atoms with Gasteiger partial charge in [-0.2, -0.15) is 0 Å². The number of nitrogens with one attached hydrogen (secondary N) is 1. The van der Waals surface area contributed by atoms with E-state index >= 15 is 0 Å². The van der Waals surface area contributed by atoms with Crippen LogP contribution in [0.4, 0.5) is 15.8 Å². The standard InChI is InChI=1S/C15H24FN3O/c1-10(2)20-15-8-14(13(17)7-12(15)16)18-9-11-5-4-6-19(11)3/h7-8,10-11,18H,4-6,9,17H2,1-3H3. The van der Waals surface area contributed by atoms with Gasteiger partial charge in [-0.15, -0.1) is 0 Å². The van der Waals surface area contributed by atoms with Gasteiger partial charge in [0.1, 0.15) is 0 Å². The molecule has 20 heavy (non-hydrogen) atoms. The maximum absolute atomic E-state index is 13.8. The zero-order valence-electron chi connectivity index (χ0n) is 12.4. The first-order valence-electron chi connectivity index (χ1n) is 7.17. The largest absolute Gasteiger partial charge is 0.488 e. The number of nitrogen functional groups attached to an aromatic ring is 1. The maximum Gasteiger partial charge on any atom is 0.167 e. The molecule has 4 nitrogen and oxygen atoms in total. The fraction of sp³-hybridized carbons (Fsp3) is 0.600. The number of nitrogens with two attached hydrogens (primary N) is 1. The van der Waals surface area contributed by atoms with Gasteiger partial charge in [-0.3, -0.25) is 0 Å². The number of anilines is 2. The third-order valence-electron chi connectivity index (χ3n) is 3.67. The lowest BCUT2D eigenvalue weighted by Crippen LogP contribution is -2.31. The van der Waals surface area contributed by atoms with Crippen LogP contribution in [0.15, 0.2) is 12.1 Å². The number of likely N-dealkylation sites (N-methyl/N-ethyl adjacent to an activating group) is 1. The molecule has 0 amide bonds. The van der Waals surface area contributed by atoms with Gasteiger partial charge >= 0.3 is 0 Å².